The van der Waals surface area contributed by atoms with Crippen LogP contribution in [-0.2, 0) is 0 Å². The van der Waals surface area contributed by atoms with E-state index in [9.17, 15) is 0 Å². The molecule has 2 rings (SSSR count). The molecule has 0 aliphatic heterocycles. The first kappa shape index (κ1) is 13.5. The average molecular weight is 406 g/mol. The van der Waals surface area contributed by atoms with Crippen LogP contribution in [0.3, 0.4) is 0 Å². The van der Waals surface area contributed by atoms with Gasteiger partial charge in [-0.15, -0.1) is 0 Å². The van der Waals surface area contributed by atoms with Crippen molar-refractivity contribution in [3.05, 3.63) is 72.3 Å². The van der Waals surface area contributed by atoms with E-state index < -0.39 is 0 Å². The van der Waals surface area contributed by atoms with Gasteiger partial charge >= 0.3 is 31.1 Å². The van der Waals surface area contributed by atoms with Crippen molar-refractivity contribution in [2.75, 3.05) is 0 Å². The molecule has 0 aromatic heterocycles. The maximum atomic E-state index is 2.93. The molecule has 2 aromatic rings. The normalized spacial score (nSPS) is 7.79. The van der Waals surface area contributed by atoms with Crippen LogP contribution in [0.15, 0.2) is 54.6 Å². The first-order chi connectivity index (χ1) is 6.39. The molecule has 0 aliphatic carbocycles. The van der Waals surface area contributed by atoms with E-state index >= 15 is 0 Å². The van der Waals surface area contributed by atoms with Crippen molar-refractivity contribution in [3.8, 4) is 0 Å². The van der Waals surface area contributed by atoms with Crippen LogP contribution in [0.4, 0.5) is 0 Å². The van der Waals surface area contributed by atoms with E-state index in [2.05, 4.69) is 19.1 Å². The molecular formula is C13H12U. The van der Waals surface area contributed by atoms with Crippen LogP contribution < -0.4 is 0 Å². The maximum absolute atomic E-state index is 2.93. The molecule has 14 heavy (non-hydrogen) atoms. The molecule has 0 unspecified atom stereocenters. The summed E-state index contributed by atoms with van der Waals surface area (Å²) >= 11 is 0. The minimum absolute atomic E-state index is 0. The van der Waals surface area contributed by atoms with E-state index in [0.717, 1.165) is 0 Å². The van der Waals surface area contributed by atoms with Crippen LogP contribution in [0.5, 0.6) is 0 Å². The van der Waals surface area contributed by atoms with Gasteiger partial charge < -0.3 is 0 Å². The van der Waals surface area contributed by atoms with Gasteiger partial charge in [0.2, 0.25) is 0 Å². The SMILES string of the molecule is Cc1cc[c-]cc1.[U+2].[c-]1ccccc1. The van der Waals surface area contributed by atoms with E-state index in [0.29, 0.717) is 0 Å². The Balaban J connectivity index is 0.000000227. The fourth-order valence-corrected chi connectivity index (χ4v) is 0.812. The van der Waals surface area contributed by atoms with E-state index in [4.69, 9.17) is 0 Å². The molecule has 0 amide bonds. The monoisotopic (exact) mass is 406 g/mol. The Hall–Kier alpha value is -0.508. The van der Waals surface area contributed by atoms with Crippen LogP contribution in [0.1, 0.15) is 5.56 Å². The molecule has 0 spiro atoms. The number of hydrogen-bond donors (Lipinski definition) is 0. The third-order valence-corrected chi connectivity index (χ3v) is 1.49. The molecule has 0 saturated carbocycles. The molecule has 0 atom stereocenters. The molecule has 1 heteroatoms. The standard InChI is InChI=1S/C7H7.C6H5.U/c1-7-5-3-2-4-6-7;1-2-4-6-5-3-1;/h3-6H,1H3;1-5H;/q2*-1;+2. The quantitative estimate of drug-likeness (QED) is 0.590. The molecule has 68 valence electrons. The summed E-state index contributed by atoms with van der Waals surface area (Å²) in [4.78, 5) is 0. The molecule has 0 N–H and O–H groups in total. The van der Waals surface area contributed by atoms with Gasteiger partial charge in [0.15, 0.2) is 0 Å². The molecule has 0 nitrogen and oxygen atoms in total. The summed E-state index contributed by atoms with van der Waals surface area (Å²) in [5.41, 5.74) is 1.29. The van der Waals surface area contributed by atoms with Crippen molar-refractivity contribution < 1.29 is 31.1 Å². The van der Waals surface area contributed by atoms with Gasteiger partial charge in [-0.2, -0.15) is 72.3 Å². The van der Waals surface area contributed by atoms with Crippen molar-refractivity contribution in [3.63, 3.8) is 0 Å². The van der Waals surface area contributed by atoms with Gasteiger partial charge in [-0.25, -0.2) is 0 Å². The van der Waals surface area contributed by atoms with Crippen molar-refractivity contribution in [2.24, 2.45) is 0 Å². The van der Waals surface area contributed by atoms with Gasteiger partial charge in [0.25, 0.3) is 0 Å². The molecule has 2 aromatic carbocycles. The summed E-state index contributed by atoms with van der Waals surface area (Å²) in [6.07, 6.45) is 0. The third kappa shape index (κ3) is 6.95. The predicted octanol–water partition coefficient (Wildman–Crippen LogP) is 3.28. The Morgan fingerprint density at radius 3 is 1.50 bits per heavy atom. The molecule has 0 radical (unpaired) electrons. The van der Waals surface area contributed by atoms with E-state index in [1.54, 1.807) is 0 Å². The van der Waals surface area contributed by atoms with Crippen LogP contribution in [0, 0.1) is 50.2 Å². The van der Waals surface area contributed by atoms with Crippen molar-refractivity contribution >= 4 is 0 Å². The van der Waals surface area contributed by atoms with E-state index in [1.807, 2.05) is 54.6 Å². The van der Waals surface area contributed by atoms with Gasteiger partial charge in [0.05, 0.1) is 0 Å². The van der Waals surface area contributed by atoms with Gasteiger partial charge in [-0.3, -0.25) is 0 Å². The second-order valence-corrected chi connectivity index (χ2v) is 2.65. The fourth-order valence-electron chi connectivity index (χ4n) is 0.812. The molecular weight excluding hydrogens is 394 g/mol. The Kier molecular flexibility index (Phi) is 8.73. The summed E-state index contributed by atoms with van der Waals surface area (Å²) < 4.78 is 0. The summed E-state index contributed by atoms with van der Waals surface area (Å²) in [6, 6.07) is 23.3. The van der Waals surface area contributed by atoms with Crippen molar-refractivity contribution in [1.29, 1.82) is 0 Å². The zero-order valence-corrected chi connectivity index (χ0v) is 12.4. The molecule has 0 fully saturated rings. The van der Waals surface area contributed by atoms with E-state index in [-0.39, 0.29) is 31.1 Å². The van der Waals surface area contributed by atoms with Crippen LogP contribution in [0.2, 0.25) is 0 Å². The molecule has 0 heterocycles. The Bertz CT molecular complexity index is 276. The van der Waals surface area contributed by atoms with Crippen LogP contribution in [0.25, 0.3) is 0 Å². The fraction of sp³-hybridized carbons (Fsp3) is 0.0769. The largest absolute Gasteiger partial charge is 2.00 e. The number of rotatable bonds is 0. The maximum Gasteiger partial charge on any atom is 2.00 e. The topological polar surface area (TPSA) is 0 Å². The Morgan fingerprint density at radius 1 is 0.786 bits per heavy atom. The van der Waals surface area contributed by atoms with Crippen molar-refractivity contribution in [2.45, 2.75) is 6.92 Å². The van der Waals surface area contributed by atoms with Gasteiger partial charge in [-0.05, 0) is 0 Å². The third-order valence-electron chi connectivity index (χ3n) is 1.49. The second-order valence-electron chi connectivity index (χ2n) is 2.65. The zero-order chi connectivity index (χ0) is 9.36. The number of hydrogen-bond acceptors (Lipinski definition) is 0. The first-order valence-electron chi connectivity index (χ1n) is 4.23. The number of aryl methyl sites for hydroxylation is 1. The average Bonchev–Trinajstić information content (AvgIpc) is 2.22. The van der Waals surface area contributed by atoms with Gasteiger partial charge in [-0.1, -0.05) is 6.92 Å². The summed E-state index contributed by atoms with van der Waals surface area (Å²) in [6.45, 7) is 2.06. The second kappa shape index (κ2) is 9.06. The smallest absolute Gasteiger partial charge is 0.184 e. The van der Waals surface area contributed by atoms with E-state index in [1.165, 1.54) is 5.56 Å². The summed E-state index contributed by atoms with van der Waals surface area (Å²) in [7, 11) is 0. The Morgan fingerprint density at radius 2 is 1.29 bits per heavy atom. The van der Waals surface area contributed by atoms with Crippen LogP contribution >= 0.6 is 0 Å². The van der Waals surface area contributed by atoms with Crippen LogP contribution in [-0.4, -0.2) is 0 Å². The molecule has 0 bridgehead atoms. The molecule has 0 aliphatic rings. The summed E-state index contributed by atoms with van der Waals surface area (Å²) in [5, 5.41) is 0. The first-order valence-corrected chi connectivity index (χ1v) is 4.23. The predicted molar refractivity (Wildman–Crippen MR) is 55.3 cm³/mol. The molecule has 0 saturated heterocycles. The summed E-state index contributed by atoms with van der Waals surface area (Å²) in [5.74, 6) is 0. The minimum Gasteiger partial charge on any atom is -0.184 e. The number of benzene rings is 2. The minimum atomic E-state index is 0. The Labute approximate surface area is 110 Å². The van der Waals surface area contributed by atoms with Gasteiger partial charge in [0, 0.05) is 0 Å². The van der Waals surface area contributed by atoms with Crippen molar-refractivity contribution in [1.82, 2.24) is 0 Å². The van der Waals surface area contributed by atoms with Gasteiger partial charge in [0.1, 0.15) is 0 Å². The zero-order valence-electron chi connectivity index (χ0n) is 8.20.